The van der Waals surface area contributed by atoms with Gasteiger partial charge >= 0.3 is 0 Å². The maximum absolute atomic E-state index is 6.20. The molecule has 0 aliphatic rings. The van der Waals surface area contributed by atoms with Crippen molar-refractivity contribution in [1.82, 2.24) is 9.78 Å². The average Bonchev–Trinajstić information content (AvgIpc) is 2.89. The van der Waals surface area contributed by atoms with E-state index in [-0.39, 0.29) is 6.04 Å². The van der Waals surface area contributed by atoms with Gasteiger partial charge in [-0.3, -0.25) is 0 Å². The van der Waals surface area contributed by atoms with Gasteiger partial charge in [-0.05, 0) is 30.5 Å². The molecular formula is C16H23N3. The smallest absolute Gasteiger partial charge is 0.0796 e. The predicted octanol–water partition coefficient (Wildman–Crippen LogP) is 3.70. The zero-order valence-corrected chi connectivity index (χ0v) is 11.8. The molecule has 1 unspecified atom stereocenters. The highest BCUT2D eigenvalue weighted by molar-refractivity contribution is 5.30. The van der Waals surface area contributed by atoms with Crippen LogP contribution in [0, 0.1) is 5.92 Å². The molecule has 0 amide bonds. The van der Waals surface area contributed by atoms with Gasteiger partial charge in [-0.1, -0.05) is 44.9 Å². The van der Waals surface area contributed by atoms with Crippen LogP contribution in [0.3, 0.4) is 0 Å². The molecule has 1 atom stereocenters. The minimum absolute atomic E-state index is 0.0451. The molecule has 0 aliphatic heterocycles. The van der Waals surface area contributed by atoms with E-state index in [0.717, 1.165) is 30.1 Å². The van der Waals surface area contributed by atoms with E-state index in [4.69, 9.17) is 5.73 Å². The molecule has 1 heterocycles. The molecule has 1 aromatic heterocycles. The fraction of sp³-hybridized carbons (Fsp3) is 0.438. The summed E-state index contributed by atoms with van der Waals surface area (Å²) in [6, 6.07) is 12.2. The lowest BCUT2D eigenvalue weighted by atomic mass is 10.0. The van der Waals surface area contributed by atoms with Crippen LogP contribution in [0.25, 0.3) is 5.69 Å². The average molecular weight is 257 g/mol. The Morgan fingerprint density at radius 2 is 1.84 bits per heavy atom. The minimum Gasteiger partial charge on any atom is -0.323 e. The summed E-state index contributed by atoms with van der Waals surface area (Å²) in [7, 11) is 0. The van der Waals surface area contributed by atoms with Gasteiger partial charge in [0.05, 0.1) is 11.4 Å². The molecular weight excluding hydrogens is 234 g/mol. The summed E-state index contributed by atoms with van der Waals surface area (Å²) in [5.74, 6) is 0.745. The fourth-order valence-corrected chi connectivity index (χ4v) is 2.15. The molecule has 19 heavy (non-hydrogen) atoms. The second-order valence-electron chi connectivity index (χ2n) is 5.45. The molecule has 0 fully saturated rings. The summed E-state index contributed by atoms with van der Waals surface area (Å²) in [4.78, 5) is 0. The van der Waals surface area contributed by atoms with E-state index >= 15 is 0 Å². The molecule has 0 aliphatic carbocycles. The Labute approximate surface area is 115 Å². The van der Waals surface area contributed by atoms with Crippen LogP contribution in [0.1, 0.15) is 44.8 Å². The third kappa shape index (κ3) is 3.93. The van der Waals surface area contributed by atoms with Crippen molar-refractivity contribution < 1.29 is 0 Å². The number of aromatic nitrogens is 2. The second kappa shape index (κ2) is 6.53. The Morgan fingerprint density at radius 1 is 1.11 bits per heavy atom. The molecule has 0 saturated carbocycles. The van der Waals surface area contributed by atoms with Crippen LogP contribution < -0.4 is 5.73 Å². The normalized spacial score (nSPS) is 12.8. The Bertz CT molecular complexity index is 488. The lowest BCUT2D eigenvalue weighted by molar-refractivity contribution is 0.500. The van der Waals surface area contributed by atoms with Crippen LogP contribution in [-0.4, -0.2) is 9.78 Å². The van der Waals surface area contributed by atoms with Crippen molar-refractivity contribution in [3.63, 3.8) is 0 Å². The van der Waals surface area contributed by atoms with Crippen molar-refractivity contribution in [3.8, 4) is 5.69 Å². The molecule has 3 heteroatoms. The first-order valence-electron chi connectivity index (χ1n) is 7.03. The van der Waals surface area contributed by atoms with Gasteiger partial charge in [-0.15, -0.1) is 0 Å². The third-order valence-corrected chi connectivity index (χ3v) is 3.31. The topological polar surface area (TPSA) is 43.8 Å². The van der Waals surface area contributed by atoms with Gasteiger partial charge < -0.3 is 5.73 Å². The van der Waals surface area contributed by atoms with E-state index in [1.54, 1.807) is 0 Å². The van der Waals surface area contributed by atoms with Crippen molar-refractivity contribution in [2.24, 2.45) is 11.7 Å². The monoisotopic (exact) mass is 257 g/mol. The molecule has 3 nitrogen and oxygen atoms in total. The lowest BCUT2D eigenvalue weighted by Gasteiger charge is -2.10. The molecule has 0 spiro atoms. The number of nitrogens with zero attached hydrogens (tertiary/aromatic N) is 2. The molecule has 1 aromatic carbocycles. The van der Waals surface area contributed by atoms with Crippen LogP contribution in [0.2, 0.25) is 0 Å². The summed E-state index contributed by atoms with van der Waals surface area (Å²) < 4.78 is 1.89. The van der Waals surface area contributed by atoms with E-state index in [0.29, 0.717) is 0 Å². The second-order valence-corrected chi connectivity index (χ2v) is 5.45. The van der Waals surface area contributed by atoms with E-state index < -0.39 is 0 Å². The van der Waals surface area contributed by atoms with Crippen LogP contribution in [-0.2, 0) is 0 Å². The van der Waals surface area contributed by atoms with Crippen LogP contribution in [0.15, 0.2) is 42.6 Å². The lowest BCUT2D eigenvalue weighted by Crippen LogP contribution is -2.11. The SMILES string of the molecule is CC(C)CCCC(N)c1ccn(-c2ccccc2)n1. The summed E-state index contributed by atoms with van der Waals surface area (Å²) in [6.07, 6.45) is 5.38. The maximum Gasteiger partial charge on any atom is 0.0796 e. The maximum atomic E-state index is 6.20. The van der Waals surface area contributed by atoms with Gasteiger partial charge in [-0.25, -0.2) is 4.68 Å². The van der Waals surface area contributed by atoms with Gasteiger partial charge in [0.1, 0.15) is 0 Å². The Morgan fingerprint density at radius 3 is 2.53 bits per heavy atom. The van der Waals surface area contributed by atoms with Crippen molar-refractivity contribution in [2.75, 3.05) is 0 Å². The third-order valence-electron chi connectivity index (χ3n) is 3.31. The van der Waals surface area contributed by atoms with Crippen molar-refractivity contribution in [2.45, 2.75) is 39.2 Å². The van der Waals surface area contributed by atoms with E-state index in [9.17, 15) is 0 Å². The van der Waals surface area contributed by atoms with Crippen molar-refractivity contribution in [3.05, 3.63) is 48.3 Å². The fourth-order valence-electron chi connectivity index (χ4n) is 2.15. The molecule has 2 rings (SSSR count). The van der Waals surface area contributed by atoms with Gasteiger partial charge in [0.2, 0.25) is 0 Å². The van der Waals surface area contributed by atoms with Crippen LogP contribution >= 0.6 is 0 Å². The molecule has 2 aromatic rings. The van der Waals surface area contributed by atoms with Crippen molar-refractivity contribution in [1.29, 1.82) is 0 Å². The predicted molar refractivity (Wildman–Crippen MR) is 79.2 cm³/mol. The first kappa shape index (κ1) is 13.8. The highest BCUT2D eigenvalue weighted by Crippen LogP contribution is 2.18. The first-order valence-corrected chi connectivity index (χ1v) is 7.03. The number of hydrogen-bond acceptors (Lipinski definition) is 2. The van der Waals surface area contributed by atoms with Gasteiger partial charge in [0, 0.05) is 12.2 Å². The molecule has 2 N–H and O–H groups in total. The summed E-state index contributed by atoms with van der Waals surface area (Å²) in [6.45, 7) is 4.49. The largest absolute Gasteiger partial charge is 0.323 e. The van der Waals surface area contributed by atoms with Crippen LogP contribution in [0.5, 0.6) is 0 Å². The Hall–Kier alpha value is -1.61. The highest BCUT2D eigenvalue weighted by atomic mass is 15.3. The zero-order valence-electron chi connectivity index (χ0n) is 11.8. The Kier molecular flexibility index (Phi) is 4.74. The molecule has 0 radical (unpaired) electrons. The molecule has 0 saturated heterocycles. The summed E-state index contributed by atoms with van der Waals surface area (Å²) in [5.41, 5.74) is 8.25. The van der Waals surface area contributed by atoms with E-state index in [1.807, 2.05) is 47.3 Å². The van der Waals surface area contributed by atoms with Gasteiger partial charge in [0.15, 0.2) is 0 Å². The number of para-hydroxylation sites is 1. The van der Waals surface area contributed by atoms with Crippen molar-refractivity contribution >= 4 is 0 Å². The Balaban J connectivity index is 1.97. The molecule has 102 valence electrons. The minimum atomic E-state index is 0.0451. The highest BCUT2D eigenvalue weighted by Gasteiger charge is 2.10. The standard InChI is InChI=1S/C16H23N3/c1-13(2)7-6-10-15(17)16-11-12-19(18-16)14-8-4-3-5-9-14/h3-5,8-9,11-13,15H,6-7,10,17H2,1-2H3. The van der Waals surface area contributed by atoms with Gasteiger partial charge in [-0.2, -0.15) is 5.10 Å². The summed E-state index contributed by atoms with van der Waals surface area (Å²) >= 11 is 0. The van der Waals surface area contributed by atoms with Crippen LogP contribution in [0.4, 0.5) is 0 Å². The first-order chi connectivity index (χ1) is 9.16. The number of nitrogens with two attached hydrogens (primary N) is 1. The number of rotatable bonds is 6. The van der Waals surface area contributed by atoms with E-state index in [2.05, 4.69) is 18.9 Å². The van der Waals surface area contributed by atoms with Gasteiger partial charge in [0.25, 0.3) is 0 Å². The molecule has 0 bridgehead atoms. The zero-order chi connectivity index (χ0) is 13.7. The summed E-state index contributed by atoms with van der Waals surface area (Å²) in [5, 5.41) is 4.57. The van der Waals surface area contributed by atoms with E-state index in [1.165, 1.54) is 6.42 Å². The quantitative estimate of drug-likeness (QED) is 0.857. The number of benzene rings is 1. The number of hydrogen-bond donors (Lipinski definition) is 1.